The van der Waals surface area contributed by atoms with Crippen molar-refractivity contribution in [3.63, 3.8) is 0 Å². The summed E-state index contributed by atoms with van der Waals surface area (Å²) < 4.78 is 0. The third-order valence-corrected chi connectivity index (χ3v) is 3.31. The summed E-state index contributed by atoms with van der Waals surface area (Å²) in [7, 11) is 0. The number of carbonyl (C=O) groups excluding carboxylic acids is 1. The van der Waals surface area contributed by atoms with Crippen LogP contribution in [0.25, 0.3) is 0 Å². The Labute approximate surface area is 114 Å². The summed E-state index contributed by atoms with van der Waals surface area (Å²) in [5.74, 6) is 0. The van der Waals surface area contributed by atoms with Crippen molar-refractivity contribution < 1.29 is 4.79 Å². The highest BCUT2D eigenvalue weighted by Crippen LogP contribution is 2.28. The number of anilines is 1. The van der Waals surface area contributed by atoms with E-state index in [9.17, 15) is 4.79 Å². The molecule has 4 nitrogen and oxygen atoms in total. The zero-order chi connectivity index (χ0) is 14.0. The average molecular weight is 259 g/mol. The summed E-state index contributed by atoms with van der Waals surface area (Å²) in [6.45, 7) is 6.63. The van der Waals surface area contributed by atoms with Gasteiger partial charge in [-0.1, -0.05) is 26.8 Å². The van der Waals surface area contributed by atoms with Crippen LogP contribution in [0.1, 0.15) is 50.8 Å². The Morgan fingerprint density at radius 1 is 1.42 bits per heavy atom. The van der Waals surface area contributed by atoms with Crippen molar-refractivity contribution >= 4 is 17.7 Å². The summed E-state index contributed by atoms with van der Waals surface area (Å²) >= 11 is 0. The van der Waals surface area contributed by atoms with Gasteiger partial charge in [-0.25, -0.2) is 0 Å². The zero-order valence-electron chi connectivity index (χ0n) is 11.7. The van der Waals surface area contributed by atoms with Gasteiger partial charge in [0.2, 0.25) is 0 Å². The van der Waals surface area contributed by atoms with Crippen LogP contribution in [0.4, 0.5) is 5.69 Å². The molecule has 3 N–H and O–H groups in total. The minimum Gasteiger partial charge on any atom is -0.399 e. The van der Waals surface area contributed by atoms with Crippen molar-refractivity contribution in [2.24, 2.45) is 10.5 Å². The van der Waals surface area contributed by atoms with Crippen LogP contribution in [0, 0.1) is 5.41 Å². The van der Waals surface area contributed by atoms with Gasteiger partial charge in [0, 0.05) is 11.3 Å². The fourth-order valence-electron chi connectivity index (χ4n) is 2.17. The Morgan fingerprint density at radius 2 is 2.16 bits per heavy atom. The van der Waals surface area contributed by atoms with Crippen LogP contribution in [0.15, 0.2) is 23.3 Å². The molecule has 1 aliphatic rings. The number of hydrazone groups is 1. The topological polar surface area (TPSA) is 67.5 Å². The van der Waals surface area contributed by atoms with Crippen molar-refractivity contribution in [2.75, 3.05) is 5.73 Å². The maximum Gasteiger partial charge on any atom is 0.148 e. The number of rotatable bonds is 3. The summed E-state index contributed by atoms with van der Waals surface area (Å²) in [6, 6.07) is 5.28. The summed E-state index contributed by atoms with van der Waals surface area (Å²) in [4.78, 5) is 11.1. The van der Waals surface area contributed by atoms with E-state index in [2.05, 4.69) is 31.3 Å². The third-order valence-electron chi connectivity index (χ3n) is 3.31. The molecular weight excluding hydrogens is 238 g/mol. The molecule has 0 bridgehead atoms. The molecule has 0 spiro atoms. The van der Waals surface area contributed by atoms with E-state index in [-0.39, 0.29) is 5.41 Å². The fraction of sp³-hybridized carbons (Fsp3) is 0.467. The predicted octanol–water partition coefficient (Wildman–Crippen LogP) is 2.64. The molecule has 19 heavy (non-hydrogen) atoms. The van der Waals surface area contributed by atoms with Gasteiger partial charge in [0.05, 0.1) is 5.71 Å². The molecule has 1 heterocycles. The maximum atomic E-state index is 11.1. The number of benzene rings is 1. The smallest absolute Gasteiger partial charge is 0.148 e. The average Bonchev–Trinajstić information content (AvgIpc) is 2.34. The van der Waals surface area contributed by atoms with Crippen molar-refractivity contribution in [3.8, 4) is 0 Å². The largest absolute Gasteiger partial charge is 0.399 e. The van der Waals surface area contributed by atoms with E-state index in [4.69, 9.17) is 5.73 Å². The standard InChI is InChI=1S/C15H21N3O/c1-15(2,3)7-6-13-11-5-4-10(16)8-12(11)14(9-19)18-17-13/h4-5,8-9,14,18H,6-7,16H2,1-3H3. The third kappa shape index (κ3) is 3.13. The van der Waals surface area contributed by atoms with Crippen molar-refractivity contribution in [3.05, 3.63) is 29.3 Å². The van der Waals surface area contributed by atoms with Crippen LogP contribution in [-0.4, -0.2) is 12.0 Å². The van der Waals surface area contributed by atoms with E-state index in [1.807, 2.05) is 18.2 Å². The van der Waals surface area contributed by atoms with E-state index >= 15 is 0 Å². The highest BCUT2D eigenvalue weighted by Gasteiger charge is 2.23. The van der Waals surface area contributed by atoms with Gasteiger partial charge < -0.3 is 10.5 Å². The lowest BCUT2D eigenvalue weighted by molar-refractivity contribution is -0.109. The number of fused-ring (bicyclic) bond motifs is 1. The van der Waals surface area contributed by atoms with Crippen LogP contribution in [0.5, 0.6) is 0 Å². The Morgan fingerprint density at radius 3 is 2.79 bits per heavy atom. The SMILES string of the molecule is CC(C)(C)CCC1=NNC(C=O)c2cc(N)ccc21. The molecule has 1 unspecified atom stereocenters. The number of hydrogen-bond donors (Lipinski definition) is 2. The first-order valence-electron chi connectivity index (χ1n) is 6.58. The first-order valence-corrected chi connectivity index (χ1v) is 6.58. The second kappa shape index (κ2) is 5.03. The first kappa shape index (κ1) is 13.6. The molecule has 1 aromatic rings. The van der Waals surface area contributed by atoms with Crippen LogP contribution in [0.3, 0.4) is 0 Å². The normalized spacial score (nSPS) is 18.3. The predicted molar refractivity (Wildman–Crippen MR) is 78.0 cm³/mol. The van der Waals surface area contributed by atoms with Crippen LogP contribution >= 0.6 is 0 Å². The Balaban J connectivity index is 2.29. The molecule has 0 amide bonds. The van der Waals surface area contributed by atoms with Gasteiger partial charge in [0.15, 0.2) is 0 Å². The number of nitrogens with one attached hydrogen (secondary N) is 1. The molecule has 1 aromatic carbocycles. The Bertz CT molecular complexity index is 515. The van der Waals surface area contributed by atoms with Gasteiger partial charge in [-0.15, -0.1) is 0 Å². The molecule has 0 saturated heterocycles. The number of nitrogen functional groups attached to an aromatic ring is 1. The first-order chi connectivity index (χ1) is 8.90. The number of aldehydes is 1. The number of nitrogens with two attached hydrogens (primary N) is 1. The van der Waals surface area contributed by atoms with Crippen molar-refractivity contribution in [1.82, 2.24) is 5.43 Å². The second-order valence-corrected chi connectivity index (χ2v) is 6.21. The van der Waals surface area contributed by atoms with Gasteiger partial charge in [-0.2, -0.15) is 5.10 Å². The van der Waals surface area contributed by atoms with Crippen LogP contribution < -0.4 is 11.2 Å². The summed E-state index contributed by atoms with van der Waals surface area (Å²) in [5.41, 5.74) is 12.6. The second-order valence-electron chi connectivity index (χ2n) is 6.21. The molecule has 0 aliphatic carbocycles. The van der Waals surface area contributed by atoms with Gasteiger partial charge in [0.25, 0.3) is 0 Å². The molecule has 1 atom stereocenters. The Kier molecular flexibility index (Phi) is 3.60. The number of hydrogen-bond acceptors (Lipinski definition) is 4. The van der Waals surface area contributed by atoms with Gasteiger partial charge in [0.1, 0.15) is 12.3 Å². The fourth-order valence-corrected chi connectivity index (χ4v) is 2.17. The minimum absolute atomic E-state index is 0.262. The van der Waals surface area contributed by atoms with E-state index in [0.29, 0.717) is 5.69 Å². The minimum atomic E-state index is -0.392. The van der Waals surface area contributed by atoms with Crippen molar-refractivity contribution in [1.29, 1.82) is 0 Å². The molecule has 102 valence electrons. The lowest BCUT2D eigenvalue weighted by Gasteiger charge is -2.25. The molecule has 0 fully saturated rings. The lowest BCUT2D eigenvalue weighted by atomic mass is 9.86. The van der Waals surface area contributed by atoms with E-state index < -0.39 is 6.04 Å². The highest BCUT2D eigenvalue weighted by atomic mass is 16.1. The molecule has 1 aliphatic heterocycles. The van der Waals surface area contributed by atoms with Crippen LogP contribution in [0.2, 0.25) is 0 Å². The Hall–Kier alpha value is -1.84. The highest BCUT2D eigenvalue weighted by molar-refractivity contribution is 6.03. The molecule has 0 aromatic heterocycles. The number of nitrogens with zero attached hydrogens (tertiary/aromatic N) is 1. The zero-order valence-corrected chi connectivity index (χ0v) is 11.7. The monoisotopic (exact) mass is 259 g/mol. The molecule has 0 radical (unpaired) electrons. The van der Waals surface area contributed by atoms with E-state index in [0.717, 1.165) is 36.0 Å². The molecular formula is C15H21N3O. The van der Waals surface area contributed by atoms with Crippen LogP contribution in [-0.2, 0) is 4.79 Å². The molecule has 2 rings (SSSR count). The number of carbonyl (C=O) groups is 1. The molecule has 4 heteroatoms. The van der Waals surface area contributed by atoms with Gasteiger partial charge >= 0.3 is 0 Å². The van der Waals surface area contributed by atoms with Gasteiger partial charge in [-0.05, 0) is 36.0 Å². The lowest BCUT2D eigenvalue weighted by Crippen LogP contribution is -2.27. The summed E-state index contributed by atoms with van der Waals surface area (Å²) in [6.07, 6.45) is 2.80. The van der Waals surface area contributed by atoms with Crippen molar-refractivity contribution in [2.45, 2.75) is 39.7 Å². The quantitative estimate of drug-likeness (QED) is 0.647. The van der Waals surface area contributed by atoms with Gasteiger partial charge in [-0.3, -0.25) is 5.43 Å². The van der Waals surface area contributed by atoms with E-state index in [1.54, 1.807) is 0 Å². The van der Waals surface area contributed by atoms with E-state index in [1.165, 1.54) is 0 Å². The maximum absolute atomic E-state index is 11.1. The summed E-state index contributed by atoms with van der Waals surface area (Å²) in [5, 5.41) is 4.35. The molecule has 0 saturated carbocycles.